The van der Waals surface area contributed by atoms with Crippen LogP contribution in [0.3, 0.4) is 0 Å². The van der Waals surface area contributed by atoms with Crippen LogP contribution < -0.4 is 5.32 Å². The van der Waals surface area contributed by atoms with E-state index in [2.05, 4.69) is 26.1 Å². The first kappa shape index (κ1) is 17.0. The van der Waals surface area contributed by atoms with Crippen molar-refractivity contribution in [3.8, 4) is 0 Å². The summed E-state index contributed by atoms with van der Waals surface area (Å²) < 4.78 is 24.2. The fourth-order valence-corrected chi connectivity index (χ4v) is 3.32. The molecule has 0 saturated carbocycles. The van der Waals surface area contributed by atoms with Gasteiger partial charge in [-0.25, -0.2) is 8.42 Å². The molecule has 1 aromatic carbocycles. The van der Waals surface area contributed by atoms with E-state index in [1.165, 1.54) is 12.1 Å². The maximum atomic E-state index is 12.1. The maximum absolute atomic E-state index is 12.1. The Balaban J connectivity index is 2.64. The van der Waals surface area contributed by atoms with Gasteiger partial charge >= 0.3 is 0 Å². The largest absolute Gasteiger partial charge is 0.355 e. The summed E-state index contributed by atoms with van der Waals surface area (Å²) in [5, 5.41) is 2.76. The summed E-state index contributed by atoms with van der Waals surface area (Å²) >= 11 is 5.85. The summed E-state index contributed by atoms with van der Waals surface area (Å²) in [5.41, 5.74) is 0.0922. The van der Waals surface area contributed by atoms with Crippen molar-refractivity contribution in [3.63, 3.8) is 0 Å². The number of carbonyl (C=O) groups excluding carboxylic acids is 1. The van der Waals surface area contributed by atoms with Crippen LogP contribution in [0.1, 0.15) is 27.2 Å². The van der Waals surface area contributed by atoms with Crippen LogP contribution in [-0.4, -0.2) is 26.6 Å². The highest BCUT2D eigenvalue weighted by molar-refractivity contribution is 7.92. The molecule has 20 heavy (non-hydrogen) atoms. The fourth-order valence-electron chi connectivity index (χ4n) is 1.58. The van der Waals surface area contributed by atoms with E-state index in [0.29, 0.717) is 6.54 Å². The van der Waals surface area contributed by atoms with Gasteiger partial charge in [0.05, 0.1) is 9.92 Å². The first-order valence-corrected chi connectivity index (χ1v) is 8.39. The maximum Gasteiger partial charge on any atom is 0.235 e. The van der Waals surface area contributed by atoms with Gasteiger partial charge in [-0.05, 0) is 24.0 Å². The van der Waals surface area contributed by atoms with Crippen LogP contribution in [-0.2, 0) is 14.6 Å². The summed E-state index contributed by atoms with van der Waals surface area (Å²) in [4.78, 5) is 11.7. The molecule has 0 heterocycles. The molecular formula is C14H20ClNO3S. The number of halogens is 1. The molecule has 0 atom stereocenters. The van der Waals surface area contributed by atoms with Gasteiger partial charge in [0.15, 0.2) is 9.84 Å². The normalized spacial score (nSPS) is 12.2. The number of hydrogen-bond donors (Lipinski definition) is 1. The first-order chi connectivity index (χ1) is 9.12. The molecule has 0 spiro atoms. The van der Waals surface area contributed by atoms with Crippen molar-refractivity contribution in [1.29, 1.82) is 0 Å². The average molecular weight is 318 g/mol. The summed E-state index contributed by atoms with van der Waals surface area (Å²) in [5.74, 6) is -1.09. The lowest BCUT2D eigenvalue weighted by Gasteiger charge is -2.18. The van der Waals surface area contributed by atoms with E-state index >= 15 is 0 Å². The first-order valence-electron chi connectivity index (χ1n) is 6.36. The Bertz CT molecular complexity index is 576. The lowest BCUT2D eigenvalue weighted by Crippen LogP contribution is -2.32. The average Bonchev–Trinajstić information content (AvgIpc) is 2.26. The van der Waals surface area contributed by atoms with Gasteiger partial charge in [-0.3, -0.25) is 4.79 Å². The van der Waals surface area contributed by atoms with Gasteiger partial charge in [0.25, 0.3) is 0 Å². The van der Waals surface area contributed by atoms with E-state index in [9.17, 15) is 13.2 Å². The Kier molecular flexibility index (Phi) is 5.59. The quantitative estimate of drug-likeness (QED) is 0.908. The molecule has 1 amide bonds. The van der Waals surface area contributed by atoms with Crippen LogP contribution >= 0.6 is 11.6 Å². The molecule has 1 aromatic rings. The van der Waals surface area contributed by atoms with E-state index in [1.807, 2.05) is 0 Å². The van der Waals surface area contributed by atoms with Gasteiger partial charge in [-0.2, -0.15) is 0 Å². The molecule has 0 unspecified atom stereocenters. The predicted molar refractivity (Wildman–Crippen MR) is 80.6 cm³/mol. The van der Waals surface area contributed by atoms with Gasteiger partial charge in [0.1, 0.15) is 5.75 Å². The molecule has 1 rings (SSSR count). The third-order valence-corrected chi connectivity index (χ3v) is 4.80. The highest BCUT2D eigenvalue weighted by atomic mass is 35.5. The minimum Gasteiger partial charge on any atom is -0.355 e. The molecule has 1 N–H and O–H groups in total. The summed E-state index contributed by atoms with van der Waals surface area (Å²) in [6.07, 6.45) is 0.783. The van der Waals surface area contributed by atoms with Gasteiger partial charge < -0.3 is 5.32 Å². The van der Waals surface area contributed by atoms with Crippen LogP contribution in [0.2, 0.25) is 5.02 Å². The predicted octanol–water partition coefficient (Wildman–Crippen LogP) is 2.67. The Morgan fingerprint density at radius 2 is 1.85 bits per heavy atom. The lowest BCUT2D eigenvalue weighted by molar-refractivity contribution is -0.118. The van der Waals surface area contributed by atoms with Crippen molar-refractivity contribution in [2.75, 3.05) is 12.3 Å². The summed E-state index contributed by atoms with van der Waals surface area (Å²) in [6.45, 7) is 6.62. The number of sulfone groups is 1. The van der Waals surface area contributed by atoms with Gasteiger partial charge in [-0.1, -0.05) is 44.5 Å². The molecule has 0 aromatic heterocycles. The minimum absolute atomic E-state index is 0.00682. The lowest BCUT2D eigenvalue weighted by atomic mass is 9.92. The third kappa shape index (κ3) is 5.51. The Labute approximate surface area is 125 Å². The van der Waals surface area contributed by atoms with Crippen LogP contribution in [0, 0.1) is 5.41 Å². The number of hydrogen-bond acceptors (Lipinski definition) is 3. The number of amides is 1. The number of carbonyl (C=O) groups is 1. The zero-order chi connectivity index (χ0) is 15.4. The van der Waals surface area contributed by atoms with Crippen molar-refractivity contribution < 1.29 is 13.2 Å². The van der Waals surface area contributed by atoms with E-state index in [1.54, 1.807) is 12.1 Å². The Hall–Kier alpha value is -1.07. The molecule has 0 aliphatic rings. The number of rotatable bonds is 5. The highest BCUT2D eigenvalue weighted by Gasteiger charge is 2.21. The van der Waals surface area contributed by atoms with Crippen LogP contribution in [0.15, 0.2) is 29.2 Å². The van der Waals surface area contributed by atoms with Gasteiger partial charge in [0.2, 0.25) is 5.91 Å². The third-order valence-electron chi connectivity index (χ3n) is 2.69. The standard InChI is InChI=1S/C14H20ClNO3S/c1-14(2,3)8-9-16-13(17)10-20(18,19)12-7-5-4-6-11(12)15/h4-7H,8-10H2,1-3H3,(H,16,17). The zero-order valence-corrected chi connectivity index (χ0v) is 13.5. The number of benzene rings is 1. The van der Waals surface area contributed by atoms with E-state index in [0.717, 1.165) is 6.42 Å². The van der Waals surface area contributed by atoms with Crippen molar-refractivity contribution >= 4 is 27.3 Å². The second kappa shape index (κ2) is 6.59. The molecule has 112 valence electrons. The van der Waals surface area contributed by atoms with E-state index in [4.69, 9.17) is 11.6 Å². The Morgan fingerprint density at radius 1 is 1.25 bits per heavy atom. The second-order valence-corrected chi connectivity index (χ2v) is 8.22. The molecule has 0 aliphatic carbocycles. The smallest absolute Gasteiger partial charge is 0.235 e. The minimum atomic E-state index is -3.70. The van der Waals surface area contributed by atoms with E-state index in [-0.39, 0.29) is 15.3 Å². The SMILES string of the molecule is CC(C)(C)CCNC(=O)CS(=O)(=O)c1ccccc1Cl. The van der Waals surface area contributed by atoms with Gasteiger partial charge in [0, 0.05) is 6.54 Å². The van der Waals surface area contributed by atoms with Crippen LogP contribution in [0.4, 0.5) is 0 Å². The molecule has 0 fully saturated rings. The van der Waals surface area contributed by atoms with Crippen LogP contribution in [0.25, 0.3) is 0 Å². The molecule has 0 radical (unpaired) electrons. The molecule has 4 nitrogen and oxygen atoms in total. The van der Waals surface area contributed by atoms with Crippen molar-refractivity contribution in [3.05, 3.63) is 29.3 Å². The summed E-state index contributed by atoms with van der Waals surface area (Å²) in [7, 11) is -3.70. The van der Waals surface area contributed by atoms with E-state index < -0.39 is 21.5 Å². The topological polar surface area (TPSA) is 63.2 Å². The monoisotopic (exact) mass is 317 g/mol. The van der Waals surface area contributed by atoms with Crippen molar-refractivity contribution in [1.82, 2.24) is 5.32 Å². The second-order valence-electron chi connectivity index (χ2n) is 5.85. The molecule has 6 heteroatoms. The van der Waals surface area contributed by atoms with Gasteiger partial charge in [-0.15, -0.1) is 0 Å². The fraction of sp³-hybridized carbons (Fsp3) is 0.500. The highest BCUT2D eigenvalue weighted by Crippen LogP contribution is 2.21. The summed E-state index contributed by atoms with van der Waals surface area (Å²) in [6, 6.07) is 6.12. The van der Waals surface area contributed by atoms with Crippen LogP contribution in [0.5, 0.6) is 0 Å². The zero-order valence-electron chi connectivity index (χ0n) is 11.9. The molecule has 0 aliphatic heterocycles. The van der Waals surface area contributed by atoms with Crippen molar-refractivity contribution in [2.24, 2.45) is 5.41 Å². The molecular weight excluding hydrogens is 298 g/mol. The molecule has 0 bridgehead atoms. The number of nitrogens with one attached hydrogen (secondary N) is 1. The molecule has 0 saturated heterocycles. The van der Waals surface area contributed by atoms with Crippen molar-refractivity contribution in [2.45, 2.75) is 32.1 Å². The Morgan fingerprint density at radius 3 is 2.40 bits per heavy atom.